The van der Waals surface area contributed by atoms with E-state index in [1.54, 1.807) is 4.90 Å². The van der Waals surface area contributed by atoms with Crippen LogP contribution in [-0.4, -0.2) is 53.3 Å². The van der Waals surface area contributed by atoms with Gasteiger partial charge in [-0.15, -0.1) is 0 Å². The first kappa shape index (κ1) is 11.2. The van der Waals surface area contributed by atoms with E-state index in [1.807, 2.05) is 0 Å². The van der Waals surface area contributed by atoms with E-state index in [2.05, 4.69) is 5.32 Å². The molecule has 2 unspecified atom stereocenters. The number of amides is 2. The average molecular weight is 228 g/mol. The molecule has 16 heavy (non-hydrogen) atoms. The Hall–Kier alpha value is -1.30. The molecule has 2 N–H and O–H groups in total. The highest BCUT2D eigenvalue weighted by Crippen LogP contribution is 2.26. The van der Waals surface area contributed by atoms with Gasteiger partial charge in [-0.3, -0.25) is 4.79 Å². The van der Waals surface area contributed by atoms with Crippen LogP contribution in [0.1, 0.15) is 19.8 Å². The summed E-state index contributed by atoms with van der Waals surface area (Å²) in [6, 6.07) is -1.16. The van der Waals surface area contributed by atoms with Crippen LogP contribution in [0.15, 0.2) is 0 Å². The fourth-order valence-electron chi connectivity index (χ4n) is 2.12. The van der Waals surface area contributed by atoms with Crippen LogP contribution in [-0.2, 0) is 9.53 Å². The second-order valence-corrected chi connectivity index (χ2v) is 4.37. The molecule has 0 aromatic heterocycles. The molecule has 2 rings (SSSR count). The summed E-state index contributed by atoms with van der Waals surface area (Å²) >= 11 is 0. The Balaban J connectivity index is 1.88. The lowest BCUT2D eigenvalue weighted by molar-refractivity contribution is -0.138. The lowest BCUT2D eigenvalue weighted by Gasteiger charge is -2.32. The van der Waals surface area contributed by atoms with Crippen molar-refractivity contribution in [2.24, 2.45) is 0 Å². The van der Waals surface area contributed by atoms with Crippen LogP contribution in [0, 0.1) is 0 Å². The number of nitrogens with zero attached hydrogens (tertiary/aromatic N) is 1. The largest absolute Gasteiger partial charge is 0.480 e. The molecular formula is C10H16N2O4. The lowest BCUT2D eigenvalue weighted by Crippen LogP contribution is -2.52. The van der Waals surface area contributed by atoms with Gasteiger partial charge in [0.1, 0.15) is 6.04 Å². The number of carbonyl (C=O) groups is 2. The molecule has 0 aromatic carbocycles. The second kappa shape index (κ2) is 4.29. The summed E-state index contributed by atoms with van der Waals surface area (Å²) in [4.78, 5) is 24.0. The van der Waals surface area contributed by atoms with E-state index in [0.717, 1.165) is 12.8 Å². The van der Waals surface area contributed by atoms with Crippen molar-refractivity contribution >= 4 is 12.0 Å². The smallest absolute Gasteiger partial charge is 0.325 e. The van der Waals surface area contributed by atoms with E-state index < -0.39 is 12.0 Å². The quantitative estimate of drug-likeness (QED) is 0.699. The van der Waals surface area contributed by atoms with E-state index in [0.29, 0.717) is 13.1 Å². The number of hydrogen-bond acceptors (Lipinski definition) is 3. The maximum atomic E-state index is 11.7. The molecule has 0 radical (unpaired) electrons. The van der Waals surface area contributed by atoms with Crippen LogP contribution in [0.4, 0.5) is 4.79 Å². The van der Waals surface area contributed by atoms with Gasteiger partial charge in [0, 0.05) is 13.1 Å². The first-order valence-electron chi connectivity index (χ1n) is 5.50. The Morgan fingerprint density at radius 2 is 1.94 bits per heavy atom. The van der Waals surface area contributed by atoms with Gasteiger partial charge in [-0.05, 0) is 19.8 Å². The van der Waals surface area contributed by atoms with Crippen molar-refractivity contribution in [1.82, 2.24) is 10.2 Å². The number of ether oxygens (including phenoxy) is 1. The van der Waals surface area contributed by atoms with Crippen LogP contribution in [0.3, 0.4) is 0 Å². The Morgan fingerprint density at radius 3 is 2.44 bits per heavy atom. The van der Waals surface area contributed by atoms with E-state index in [4.69, 9.17) is 9.84 Å². The summed E-state index contributed by atoms with van der Waals surface area (Å²) < 4.78 is 5.59. The van der Waals surface area contributed by atoms with Crippen molar-refractivity contribution in [3.05, 3.63) is 0 Å². The molecular weight excluding hydrogens is 212 g/mol. The molecule has 6 nitrogen and oxygen atoms in total. The van der Waals surface area contributed by atoms with Gasteiger partial charge in [0.05, 0.1) is 12.2 Å². The number of carboxylic acid groups (broad SMARTS) is 1. The molecule has 0 spiro atoms. The van der Waals surface area contributed by atoms with E-state index in [9.17, 15) is 9.59 Å². The minimum atomic E-state index is -1.02. The van der Waals surface area contributed by atoms with E-state index in [-0.39, 0.29) is 18.2 Å². The van der Waals surface area contributed by atoms with Gasteiger partial charge in [0.2, 0.25) is 0 Å². The maximum absolute atomic E-state index is 11.7. The third-order valence-electron chi connectivity index (χ3n) is 3.04. The van der Waals surface area contributed by atoms with E-state index >= 15 is 0 Å². The van der Waals surface area contributed by atoms with Crippen LogP contribution < -0.4 is 5.32 Å². The molecule has 2 aliphatic heterocycles. The predicted molar refractivity (Wildman–Crippen MR) is 55.1 cm³/mol. The van der Waals surface area contributed by atoms with Crippen LogP contribution in [0.25, 0.3) is 0 Å². The number of fused-ring (bicyclic) bond motifs is 2. The number of carbonyl (C=O) groups excluding carboxylic acids is 1. The zero-order chi connectivity index (χ0) is 11.7. The summed E-state index contributed by atoms with van der Waals surface area (Å²) in [6.45, 7) is 2.58. The minimum absolute atomic E-state index is 0.129. The lowest BCUT2D eigenvalue weighted by atomic mass is 10.2. The van der Waals surface area contributed by atoms with Gasteiger partial charge < -0.3 is 20.1 Å². The normalized spacial score (nSPS) is 29.9. The molecule has 2 aliphatic rings. The van der Waals surface area contributed by atoms with Crippen molar-refractivity contribution in [2.75, 3.05) is 13.1 Å². The predicted octanol–water partition coefficient (Wildman–Crippen LogP) is 0.0323. The number of hydrogen-bond donors (Lipinski definition) is 2. The van der Waals surface area contributed by atoms with Gasteiger partial charge in [0.15, 0.2) is 0 Å². The van der Waals surface area contributed by atoms with Crippen LogP contribution in [0.2, 0.25) is 0 Å². The number of nitrogens with one attached hydrogen (secondary N) is 1. The highest BCUT2D eigenvalue weighted by Gasteiger charge is 2.36. The molecule has 2 heterocycles. The second-order valence-electron chi connectivity index (χ2n) is 4.37. The van der Waals surface area contributed by atoms with Crippen molar-refractivity contribution < 1.29 is 19.4 Å². The summed E-state index contributed by atoms with van der Waals surface area (Å²) in [5.41, 5.74) is 0. The number of aliphatic carboxylic acids is 1. The van der Waals surface area contributed by atoms with Crippen molar-refractivity contribution in [3.8, 4) is 0 Å². The Kier molecular flexibility index (Phi) is 3.00. The van der Waals surface area contributed by atoms with Gasteiger partial charge >= 0.3 is 12.0 Å². The number of likely N-dealkylation sites (tertiary alicyclic amines) is 1. The SMILES string of the molecule is C[C@@H](NC(=O)N1CC2CCC(C1)O2)C(=O)O. The Bertz CT molecular complexity index is 295. The fraction of sp³-hybridized carbons (Fsp3) is 0.800. The number of urea groups is 1. The van der Waals surface area contributed by atoms with Crippen molar-refractivity contribution in [2.45, 2.75) is 38.0 Å². The number of carboxylic acids is 1. The summed E-state index contributed by atoms with van der Waals surface area (Å²) in [6.07, 6.45) is 2.24. The van der Waals surface area contributed by atoms with Crippen molar-refractivity contribution in [1.29, 1.82) is 0 Å². The van der Waals surface area contributed by atoms with Crippen molar-refractivity contribution in [3.63, 3.8) is 0 Å². The van der Waals surface area contributed by atoms with Crippen LogP contribution in [0.5, 0.6) is 0 Å². The first-order valence-corrected chi connectivity index (χ1v) is 5.50. The van der Waals surface area contributed by atoms with E-state index in [1.165, 1.54) is 6.92 Å². The molecule has 2 bridgehead atoms. The summed E-state index contributed by atoms with van der Waals surface area (Å²) in [5, 5.41) is 11.1. The average Bonchev–Trinajstić information content (AvgIpc) is 2.57. The number of morpholine rings is 1. The molecule has 3 atom stereocenters. The maximum Gasteiger partial charge on any atom is 0.325 e. The first-order chi connectivity index (χ1) is 7.56. The third-order valence-corrected chi connectivity index (χ3v) is 3.04. The molecule has 0 aromatic rings. The zero-order valence-electron chi connectivity index (χ0n) is 9.18. The molecule has 0 aliphatic carbocycles. The highest BCUT2D eigenvalue weighted by molar-refractivity contribution is 5.82. The number of rotatable bonds is 2. The molecule has 0 saturated carbocycles. The summed E-state index contributed by atoms with van der Waals surface area (Å²) in [5.74, 6) is -1.02. The van der Waals surface area contributed by atoms with Gasteiger partial charge in [-0.1, -0.05) is 0 Å². The highest BCUT2D eigenvalue weighted by atomic mass is 16.5. The third kappa shape index (κ3) is 2.27. The minimum Gasteiger partial charge on any atom is -0.480 e. The topological polar surface area (TPSA) is 78.9 Å². The molecule has 90 valence electrons. The Labute approximate surface area is 93.6 Å². The standard InChI is InChI=1S/C10H16N2O4/c1-6(9(13)14)11-10(15)12-4-7-2-3-8(5-12)16-7/h6-8H,2-5H2,1H3,(H,11,15)(H,13,14)/t6-,7?,8?/m1/s1. The van der Waals surface area contributed by atoms with Gasteiger partial charge in [-0.2, -0.15) is 0 Å². The molecule has 6 heteroatoms. The zero-order valence-corrected chi connectivity index (χ0v) is 9.18. The molecule has 2 saturated heterocycles. The monoisotopic (exact) mass is 228 g/mol. The summed E-state index contributed by atoms with van der Waals surface area (Å²) in [7, 11) is 0. The van der Waals surface area contributed by atoms with Crippen LogP contribution >= 0.6 is 0 Å². The Morgan fingerprint density at radius 1 is 1.38 bits per heavy atom. The molecule has 2 amide bonds. The van der Waals surface area contributed by atoms with Gasteiger partial charge in [0.25, 0.3) is 0 Å². The fourth-order valence-corrected chi connectivity index (χ4v) is 2.12. The molecule has 2 fully saturated rings. The van der Waals surface area contributed by atoms with Gasteiger partial charge in [-0.25, -0.2) is 4.79 Å².